The molecule has 12 nitrogen and oxygen atoms in total. The van der Waals surface area contributed by atoms with Gasteiger partial charge in [-0.05, 0) is 25.2 Å². The Morgan fingerprint density at radius 2 is 1.31 bits per heavy atom. The minimum absolute atomic E-state index is 0.145. The highest BCUT2D eigenvalue weighted by Gasteiger charge is 2.32. The average molecular weight is 500 g/mol. The van der Waals surface area contributed by atoms with Crippen LogP contribution in [0.25, 0.3) is 0 Å². The predicted octanol–water partition coefficient (Wildman–Crippen LogP) is 0.291. The molecule has 0 aromatic carbocycles. The van der Waals surface area contributed by atoms with Crippen LogP contribution in [0.5, 0.6) is 0 Å². The Bertz CT molecular complexity index is 767. The second-order valence-corrected chi connectivity index (χ2v) is 9.43. The normalized spacial score (nSPS) is 13.6. The molecule has 0 aromatic rings. The van der Waals surface area contributed by atoms with Gasteiger partial charge in [0.2, 0.25) is 17.7 Å². The first-order valence-corrected chi connectivity index (χ1v) is 11.9. The Morgan fingerprint density at radius 3 is 1.77 bits per heavy atom. The zero-order valence-electron chi connectivity index (χ0n) is 21.5. The third kappa shape index (κ3) is 12.7. The Morgan fingerprint density at radius 1 is 0.743 bits per heavy atom. The van der Waals surface area contributed by atoms with Crippen molar-refractivity contribution in [3.05, 3.63) is 0 Å². The monoisotopic (exact) mass is 499 g/mol. The summed E-state index contributed by atoms with van der Waals surface area (Å²) in [7, 11) is 0. The van der Waals surface area contributed by atoms with Gasteiger partial charge in [-0.15, -0.1) is 0 Å². The largest absolute Gasteiger partial charge is 0.481 e. The van der Waals surface area contributed by atoms with E-state index in [4.69, 9.17) is 10.8 Å². The first-order chi connectivity index (χ1) is 16.2. The van der Waals surface area contributed by atoms with Gasteiger partial charge in [-0.2, -0.15) is 0 Å². The van der Waals surface area contributed by atoms with E-state index < -0.39 is 53.8 Å². The molecular weight excluding hydrogens is 458 g/mol. The fourth-order valence-corrected chi connectivity index (χ4v) is 3.13. The molecule has 0 bridgehead atoms. The van der Waals surface area contributed by atoms with Crippen molar-refractivity contribution in [2.75, 3.05) is 6.54 Å². The van der Waals surface area contributed by atoms with E-state index in [0.29, 0.717) is 6.42 Å². The molecular formula is C23H41N5O7. The molecule has 200 valence electrons. The molecule has 5 amide bonds. The quantitative estimate of drug-likeness (QED) is 0.164. The summed E-state index contributed by atoms with van der Waals surface area (Å²) >= 11 is 0. The Labute approximate surface area is 206 Å². The molecule has 0 saturated carbocycles. The predicted molar refractivity (Wildman–Crippen MR) is 129 cm³/mol. The molecule has 0 spiro atoms. The van der Waals surface area contributed by atoms with Crippen LogP contribution in [0.2, 0.25) is 0 Å². The number of rotatable bonds is 16. The Balaban J connectivity index is 5.49. The van der Waals surface area contributed by atoms with E-state index >= 15 is 0 Å². The lowest BCUT2D eigenvalue weighted by molar-refractivity contribution is -0.138. The zero-order chi connectivity index (χ0) is 27.3. The van der Waals surface area contributed by atoms with Crippen molar-refractivity contribution in [3.63, 3.8) is 0 Å². The molecule has 0 aliphatic rings. The molecule has 0 aromatic heterocycles. The standard InChI is InChI=1S/C23H41N5O7/c1-12(2)18(28-21(33)16(9-10-17(29)30)27-20(32)14(5)6)22(34)26-15(19(31)13(3)4)8-7-11-25-23(24)35/h12-16,18H,7-11H2,1-6H3,(H,26,34)(H,27,32)(H,28,33)(H,29,30)(H3,24,25,35)/t15-,16-,18-/m0/s1. The number of carboxylic acids is 1. The summed E-state index contributed by atoms with van der Waals surface area (Å²) in [5, 5.41) is 19.2. The molecule has 0 aliphatic carbocycles. The second-order valence-electron chi connectivity index (χ2n) is 9.43. The number of ketones is 1. The number of amides is 5. The maximum atomic E-state index is 13.1. The zero-order valence-corrected chi connectivity index (χ0v) is 21.5. The molecule has 0 saturated heterocycles. The van der Waals surface area contributed by atoms with E-state index in [-0.39, 0.29) is 43.4 Å². The minimum Gasteiger partial charge on any atom is -0.481 e. The topological polar surface area (TPSA) is 197 Å². The molecule has 0 radical (unpaired) electrons. The maximum Gasteiger partial charge on any atom is 0.312 e. The van der Waals surface area contributed by atoms with Crippen LogP contribution in [0, 0.1) is 17.8 Å². The van der Waals surface area contributed by atoms with Crippen molar-refractivity contribution < 1.29 is 33.9 Å². The number of Topliss-reactive ketones (excluding diaryl/α,β-unsaturated/α-hetero) is 1. The summed E-state index contributed by atoms with van der Waals surface area (Å²) in [4.78, 5) is 72.6. The molecule has 0 aliphatic heterocycles. The number of hydrogen-bond donors (Lipinski definition) is 6. The Hall–Kier alpha value is -3.18. The number of urea groups is 1. The third-order valence-electron chi connectivity index (χ3n) is 5.25. The first kappa shape index (κ1) is 31.8. The maximum absolute atomic E-state index is 13.1. The van der Waals surface area contributed by atoms with Crippen LogP contribution in [-0.4, -0.2) is 65.3 Å². The summed E-state index contributed by atoms with van der Waals surface area (Å²) in [5.74, 6) is -4.17. The SMILES string of the molecule is CC(C)C(=O)N[C@@H](CCC(=O)O)C(=O)N[C@H](C(=O)N[C@@H](CCCNC(N)=O)C(=O)C(C)C)C(C)C. The van der Waals surface area contributed by atoms with Crippen molar-refractivity contribution in [2.45, 2.75) is 85.4 Å². The summed E-state index contributed by atoms with van der Waals surface area (Å²) in [6, 6.07) is -3.69. The fourth-order valence-electron chi connectivity index (χ4n) is 3.13. The summed E-state index contributed by atoms with van der Waals surface area (Å²) < 4.78 is 0. The highest BCUT2D eigenvalue weighted by Crippen LogP contribution is 2.10. The van der Waals surface area contributed by atoms with Crippen LogP contribution >= 0.6 is 0 Å². The van der Waals surface area contributed by atoms with Gasteiger partial charge in [0.15, 0.2) is 5.78 Å². The van der Waals surface area contributed by atoms with E-state index in [9.17, 15) is 28.8 Å². The number of aliphatic carboxylic acids is 1. The van der Waals surface area contributed by atoms with Gasteiger partial charge in [0.25, 0.3) is 0 Å². The second kappa shape index (κ2) is 15.7. The minimum atomic E-state index is -1.14. The van der Waals surface area contributed by atoms with Crippen LogP contribution in [0.4, 0.5) is 4.79 Å². The van der Waals surface area contributed by atoms with Gasteiger partial charge < -0.3 is 32.1 Å². The van der Waals surface area contributed by atoms with Crippen LogP contribution in [0.1, 0.15) is 67.2 Å². The first-order valence-electron chi connectivity index (χ1n) is 11.9. The number of hydrogen-bond acceptors (Lipinski definition) is 6. The fraction of sp³-hybridized carbons (Fsp3) is 0.739. The number of primary amides is 1. The number of carbonyl (C=O) groups is 6. The molecule has 0 rings (SSSR count). The van der Waals surface area contributed by atoms with E-state index in [1.54, 1.807) is 41.5 Å². The van der Waals surface area contributed by atoms with Crippen molar-refractivity contribution in [3.8, 4) is 0 Å². The van der Waals surface area contributed by atoms with Gasteiger partial charge in [-0.25, -0.2) is 4.79 Å². The Kier molecular flexibility index (Phi) is 14.2. The van der Waals surface area contributed by atoms with Crippen LogP contribution < -0.4 is 27.0 Å². The summed E-state index contributed by atoms with van der Waals surface area (Å²) in [6.07, 6.45) is 0.156. The average Bonchev–Trinajstić information content (AvgIpc) is 2.75. The van der Waals surface area contributed by atoms with E-state index in [0.717, 1.165) is 0 Å². The van der Waals surface area contributed by atoms with Crippen molar-refractivity contribution in [1.29, 1.82) is 0 Å². The van der Waals surface area contributed by atoms with Gasteiger partial charge in [0.1, 0.15) is 12.1 Å². The van der Waals surface area contributed by atoms with Crippen LogP contribution in [0.15, 0.2) is 0 Å². The van der Waals surface area contributed by atoms with Gasteiger partial charge in [0, 0.05) is 24.8 Å². The van der Waals surface area contributed by atoms with Crippen LogP contribution in [0.3, 0.4) is 0 Å². The molecule has 7 N–H and O–H groups in total. The lowest BCUT2D eigenvalue weighted by Crippen LogP contribution is -2.58. The summed E-state index contributed by atoms with van der Waals surface area (Å²) in [5.41, 5.74) is 5.04. The summed E-state index contributed by atoms with van der Waals surface area (Å²) in [6.45, 7) is 10.3. The van der Waals surface area contributed by atoms with Gasteiger partial charge in [-0.3, -0.25) is 24.0 Å². The molecule has 12 heteroatoms. The van der Waals surface area contributed by atoms with Crippen molar-refractivity contribution in [2.24, 2.45) is 23.5 Å². The van der Waals surface area contributed by atoms with Crippen molar-refractivity contribution >= 4 is 35.5 Å². The van der Waals surface area contributed by atoms with E-state index in [2.05, 4.69) is 21.3 Å². The third-order valence-corrected chi connectivity index (χ3v) is 5.25. The molecule has 0 heterocycles. The van der Waals surface area contributed by atoms with Crippen LogP contribution in [-0.2, 0) is 24.0 Å². The number of nitrogens with two attached hydrogens (primary N) is 1. The number of carbonyl (C=O) groups excluding carboxylic acids is 5. The van der Waals surface area contributed by atoms with Gasteiger partial charge >= 0.3 is 12.0 Å². The molecule has 35 heavy (non-hydrogen) atoms. The van der Waals surface area contributed by atoms with E-state index in [1.807, 2.05) is 0 Å². The lowest BCUT2D eigenvalue weighted by atomic mass is 9.96. The van der Waals surface area contributed by atoms with E-state index in [1.165, 1.54) is 0 Å². The number of carboxylic acid groups (broad SMARTS) is 1. The highest BCUT2D eigenvalue weighted by molar-refractivity contribution is 5.95. The van der Waals surface area contributed by atoms with Gasteiger partial charge in [-0.1, -0.05) is 41.5 Å². The number of nitrogens with one attached hydrogen (secondary N) is 4. The smallest absolute Gasteiger partial charge is 0.312 e. The molecule has 0 fully saturated rings. The van der Waals surface area contributed by atoms with Gasteiger partial charge in [0.05, 0.1) is 6.04 Å². The van der Waals surface area contributed by atoms with Crippen molar-refractivity contribution in [1.82, 2.24) is 21.3 Å². The molecule has 3 atom stereocenters. The molecule has 0 unspecified atom stereocenters. The lowest BCUT2D eigenvalue weighted by Gasteiger charge is -2.28. The highest BCUT2D eigenvalue weighted by atomic mass is 16.4.